The molecular weight excluding hydrogens is 266 g/mol. The zero-order valence-electron chi connectivity index (χ0n) is 11.0. The number of amides is 2. The molecule has 0 unspecified atom stereocenters. The van der Waals surface area contributed by atoms with Crippen LogP contribution < -0.4 is 10.2 Å². The number of nitrogens with zero attached hydrogens (tertiary/aromatic N) is 2. The van der Waals surface area contributed by atoms with Gasteiger partial charge >= 0.3 is 0 Å². The molecule has 0 bridgehead atoms. The first-order chi connectivity index (χ1) is 10.2. The summed E-state index contributed by atoms with van der Waals surface area (Å²) in [6.45, 7) is -0.0351. The monoisotopic (exact) mass is 277 g/mol. The maximum atomic E-state index is 12.6. The molecule has 0 saturated carbocycles. The van der Waals surface area contributed by atoms with Crippen LogP contribution in [0.5, 0.6) is 0 Å². The van der Waals surface area contributed by atoms with Gasteiger partial charge in [-0.15, -0.1) is 0 Å². The molecule has 0 fully saturated rings. The fourth-order valence-corrected chi connectivity index (χ4v) is 2.29. The lowest BCUT2D eigenvalue weighted by Gasteiger charge is -2.29. The zero-order valence-corrected chi connectivity index (χ0v) is 11.0. The average Bonchev–Trinajstić information content (AvgIpc) is 2.53. The van der Waals surface area contributed by atoms with Gasteiger partial charge in [-0.3, -0.25) is 14.5 Å². The molecule has 21 heavy (non-hydrogen) atoms. The molecule has 5 heteroatoms. The second-order valence-electron chi connectivity index (χ2n) is 4.65. The summed E-state index contributed by atoms with van der Waals surface area (Å²) in [4.78, 5) is 25.8. The van der Waals surface area contributed by atoms with Crippen molar-refractivity contribution in [2.24, 2.45) is 0 Å². The fourth-order valence-electron chi connectivity index (χ4n) is 2.29. The molecule has 2 amide bonds. The van der Waals surface area contributed by atoms with Gasteiger partial charge in [0, 0.05) is 5.56 Å². The summed E-state index contributed by atoms with van der Waals surface area (Å²) in [5, 5.41) is 11.6. The number of rotatable bonds is 1. The van der Waals surface area contributed by atoms with E-state index in [0.717, 1.165) is 0 Å². The number of para-hydroxylation sites is 2. The van der Waals surface area contributed by atoms with E-state index in [0.29, 0.717) is 22.5 Å². The number of benzene rings is 2. The second-order valence-corrected chi connectivity index (χ2v) is 4.65. The highest BCUT2D eigenvalue weighted by Crippen LogP contribution is 2.30. The molecule has 0 atom stereocenters. The first-order valence-corrected chi connectivity index (χ1v) is 6.40. The Bertz CT molecular complexity index is 777. The minimum Gasteiger partial charge on any atom is -0.323 e. The Kier molecular flexibility index (Phi) is 3.13. The Morgan fingerprint density at radius 1 is 1.19 bits per heavy atom. The molecule has 0 saturated heterocycles. The van der Waals surface area contributed by atoms with Crippen molar-refractivity contribution in [2.75, 3.05) is 16.8 Å². The van der Waals surface area contributed by atoms with Crippen LogP contribution in [0.25, 0.3) is 0 Å². The molecule has 3 rings (SSSR count). The van der Waals surface area contributed by atoms with E-state index in [-0.39, 0.29) is 18.4 Å². The minimum absolute atomic E-state index is 0.0351. The largest absolute Gasteiger partial charge is 0.323 e. The van der Waals surface area contributed by atoms with Crippen LogP contribution in [0.4, 0.5) is 11.4 Å². The standard InChI is InChI=1S/C16H11N3O2/c17-9-11-4-3-5-12(8-11)16(21)19-10-15(20)18-13-6-1-2-7-14(13)19/h1-8H,10H2,(H,18,20). The number of nitriles is 1. The van der Waals surface area contributed by atoms with Crippen molar-refractivity contribution >= 4 is 23.2 Å². The van der Waals surface area contributed by atoms with E-state index in [1.165, 1.54) is 11.0 Å². The number of carbonyl (C=O) groups is 2. The molecule has 102 valence electrons. The summed E-state index contributed by atoms with van der Waals surface area (Å²) in [6.07, 6.45) is 0. The first kappa shape index (κ1) is 12.9. The Labute approximate surface area is 121 Å². The molecule has 2 aromatic carbocycles. The summed E-state index contributed by atoms with van der Waals surface area (Å²) >= 11 is 0. The second kappa shape index (κ2) is 5.10. The van der Waals surface area contributed by atoms with E-state index in [1.807, 2.05) is 12.1 Å². The maximum Gasteiger partial charge on any atom is 0.258 e. The molecule has 0 spiro atoms. The Balaban J connectivity index is 2.02. The van der Waals surface area contributed by atoms with Crippen LogP contribution in [-0.2, 0) is 4.79 Å². The van der Waals surface area contributed by atoms with Gasteiger partial charge in [0.05, 0.1) is 23.0 Å². The molecule has 1 N–H and O–H groups in total. The topological polar surface area (TPSA) is 73.2 Å². The lowest BCUT2D eigenvalue weighted by molar-refractivity contribution is -0.115. The van der Waals surface area contributed by atoms with E-state index < -0.39 is 0 Å². The van der Waals surface area contributed by atoms with Crippen molar-refractivity contribution in [3.05, 3.63) is 59.7 Å². The highest BCUT2D eigenvalue weighted by atomic mass is 16.2. The normalized spacial score (nSPS) is 13.1. The molecular formula is C16H11N3O2. The van der Waals surface area contributed by atoms with Gasteiger partial charge < -0.3 is 5.32 Å². The van der Waals surface area contributed by atoms with E-state index >= 15 is 0 Å². The number of fused-ring (bicyclic) bond motifs is 1. The predicted octanol–water partition coefficient (Wildman–Crippen LogP) is 2.16. The van der Waals surface area contributed by atoms with Gasteiger partial charge in [0.2, 0.25) is 5.91 Å². The van der Waals surface area contributed by atoms with Crippen LogP contribution in [0, 0.1) is 11.3 Å². The average molecular weight is 277 g/mol. The fraction of sp³-hybridized carbons (Fsp3) is 0.0625. The SMILES string of the molecule is N#Cc1cccc(C(=O)N2CC(=O)Nc3ccccc32)c1. The minimum atomic E-state index is -0.297. The van der Waals surface area contributed by atoms with E-state index in [1.54, 1.807) is 36.4 Å². The van der Waals surface area contributed by atoms with Crippen LogP contribution in [0.2, 0.25) is 0 Å². The van der Waals surface area contributed by atoms with E-state index in [4.69, 9.17) is 5.26 Å². The molecule has 0 radical (unpaired) electrons. The highest BCUT2D eigenvalue weighted by Gasteiger charge is 2.27. The number of nitrogens with one attached hydrogen (secondary N) is 1. The van der Waals surface area contributed by atoms with Gasteiger partial charge in [-0.05, 0) is 30.3 Å². The van der Waals surface area contributed by atoms with Gasteiger partial charge in [-0.25, -0.2) is 0 Å². The van der Waals surface area contributed by atoms with Crippen LogP contribution in [0.3, 0.4) is 0 Å². The molecule has 0 aromatic heterocycles. The van der Waals surface area contributed by atoms with Crippen LogP contribution in [-0.4, -0.2) is 18.4 Å². The lowest BCUT2D eigenvalue weighted by atomic mass is 10.1. The van der Waals surface area contributed by atoms with Gasteiger partial charge in [0.25, 0.3) is 5.91 Å². The summed E-state index contributed by atoms with van der Waals surface area (Å²) < 4.78 is 0. The molecule has 2 aromatic rings. The quantitative estimate of drug-likeness (QED) is 0.868. The van der Waals surface area contributed by atoms with Gasteiger partial charge in [-0.1, -0.05) is 18.2 Å². The molecule has 1 aliphatic heterocycles. The summed E-state index contributed by atoms with van der Waals surface area (Å²) in [5.74, 6) is -0.534. The number of hydrogen-bond acceptors (Lipinski definition) is 3. The predicted molar refractivity (Wildman–Crippen MR) is 77.9 cm³/mol. The van der Waals surface area contributed by atoms with Gasteiger partial charge in [0.15, 0.2) is 0 Å². The van der Waals surface area contributed by atoms with Gasteiger partial charge in [0.1, 0.15) is 6.54 Å². The van der Waals surface area contributed by atoms with E-state index in [9.17, 15) is 9.59 Å². The lowest BCUT2D eigenvalue weighted by Crippen LogP contribution is -2.42. The van der Waals surface area contributed by atoms with Crippen molar-refractivity contribution in [1.82, 2.24) is 0 Å². The first-order valence-electron chi connectivity index (χ1n) is 6.40. The van der Waals surface area contributed by atoms with Crippen molar-refractivity contribution in [3.8, 4) is 6.07 Å². The van der Waals surface area contributed by atoms with Gasteiger partial charge in [-0.2, -0.15) is 5.26 Å². The Hall–Kier alpha value is -3.13. The zero-order chi connectivity index (χ0) is 14.8. The summed E-state index contributed by atoms with van der Waals surface area (Å²) in [5.41, 5.74) is 2.07. The molecule has 0 aliphatic carbocycles. The summed E-state index contributed by atoms with van der Waals surface area (Å²) in [6, 6.07) is 15.6. The third kappa shape index (κ3) is 2.35. The Morgan fingerprint density at radius 2 is 2.00 bits per heavy atom. The van der Waals surface area contributed by atoms with Crippen LogP contribution >= 0.6 is 0 Å². The van der Waals surface area contributed by atoms with E-state index in [2.05, 4.69) is 5.32 Å². The van der Waals surface area contributed by atoms with Crippen molar-refractivity contribution in [3.63, 3.8) is 0 Å². The van der Waals surface area contributed by atoms with Crippen LogP contribution in [0.1, 0.15) is 15.9 Å². The molecule has 1 heterocycles. The van der Waals surface area contributed by atoms with Crippen LogP contribution in [0.15, 0.2) is 48.5 Å². The third-order valence-electron chi connectivity index (χ3n) is 3.25. The maximum absolute atomic E-state index is 12.6. The number of anilines is 2. The summed E-state index contributed by atoms with van der Waals surface area (Å²) in [7, 11) is 0. The smallest absolute Gasteiger partial charge is 0.258 e. The number of hydrogen-bond donors (Lipinski definition) is 1. The van der Waals surface area contributed by atoms with Crippen molar-refractivity contribution in [1.29, 1.82) is 5.26 Å². The van der Waals surface area contributed by atoms with Crippen molar-refractivity contribution in [2.45, 2.75) is 0 Å². The third-order valence-corrected chi connectivity index (χ3v) is 3.25. The number of carbonyl (C=O) groups excluding carboxylic acids is 2. The highest BCUT2D eigenvalue weighted by molar-refractivity contribution is 6.15. The molecule has 5 nitrogen and oxygen atoms in total. The Morgan fingerprint density at radius 3 is 2.81 bits per heavy atom. The van der Waals surface area contributed by atoms with Crippen molar-refractivity contribution < 1.29 is 9.59 Å². The molecule has 1 aliphatic rings.